The molecule has 25 heavy (non-hydrogen) atoms. The third-order valence-electron chi connectivity index (χ3n) is 5.08. The Morgan fingerprint density at radius 1 is 1.32 bits per heavy atom. The Hall–Kier alpha value is -2.19. The topological polar surface area (TPSA) is 72.3 Å². The maximum atomic E-state index is 12.1. The molecule has 8 heteroatoms. The normalized spacial score (nSPS) is 22.2. The van der Waals surface area contributed by atoms with Gasteiger partial charge in [-0.15, -0.1) is 0 Å². The smallest absolute Gasteiger partial charge is 0.324 e. The summed E-state index contributed by atoms with van der Waals surface area (Å²) in [6.45, 7) is 4.26. The van der Waals surface area contributed by atoms with Crippen LogP contribution in [0.5, 0.6) is 0 Å². The first kappa shape index (κ1) is 15.1. The van der Waals surface area contributed by atoms with Gasteiger partial charge in [-0.2, -0.15) is 0 Å². The minimum Gasteiger partial charge on any atom is -0.381 e. The summed E-state index contributed by atoms with van der Waals surface area (Å²) in [7, 11) is 0. The number of urea groups is 1. The van der Waals surface area contributed by atoms with Gasteiger partial charge in [0.05, 0.1) is 28.1 Å². The van der Waals surface area contributed by atoms with E-state index in [9.17, 15) is 4.79 Å². The quantitative estimate of drug-likeness (QED) is 0.765. The second-order valence-electron chi connectivity index (χ2n) is 6.68. The van der Waals surface area contributed by atoms with Gasteiger partial charge in [0.1, 0.15) is 5.52 Å². The summed E-state index contributed by atoms with van der Waals surface area (Å²) in [6, 6.07) is 4.54. The molecular weight excluding hydrogens is 338 g/mol. The lowest BCUT2D eigenvalue weighted by atomic mass is 10.1. The van der Waals surface area contributed by atoms with Gasteiger partial charge in [0, 0.05) is 25.8 Å². The number of carbonyl (C=O) groups excluding carboxylic acids is 1. The molecule has 1 unspecified atom stereocenters. The molecule has 0 saturated carbocycles. The van der Waals surface area contributed by atoms with Crippen molar-refractivity contribution in [3.63, 3.8) is 0 Å². The van der Waals surface area contributed by atoms with E-state index in [1.165, 1.54) is 0 Å². The maximum absolute atomic E-state index is 12.1. The van der Waals surface area contributed by atoms with Gasteiger partial charge in [0.15, 0.2) is 5.13 Å². The summed E-state index contributed by atoms with van der Waals surface area (Å²) in [5.74, 6) is 0. The molecule has 3 aromatic rings. The fourth-order valence-corrected chi connectivity index (χ4v) is 4.80. The predicted octanol–water partition coefficient (Wildman–Crippen LogP) is 2.92. The number of ether oxygens (including phenoxy) is 1. The van der Waals surface area contributed by atoms with Crippen molar-refractivity contribution >= 4 is 43.7 Å². The Labute approximate surface area is 148 Å². The van der Waals surface area contributed by atoms with Gasteiger partial charge < -0.3 is 14.6 Å². The fourth-order valence-electron chi connectivity index (χ4n) is 3.73. The van der Waals surface area contributed by atoms with Crippen molar-refractivity contribution in [3.8, 4) is 0 Å². The number of anilines is 1. The van der Waals surface area contributed by atoms with Crippen LogP contribution in [0.15, 0.2) is 18.5 Å². The molecule has 130 valence electrons. The van der Waals surface area contributed by atoms with Crippen molar-refractivity contribution in [2.45, 2.75) is 31.8 Å². The number of hydrogen-bond acceptors (Lipinski definition) is 5. The number of aromatic nitrogens is 3. The summed E-state index contributed by atoms with van der Waals surface area (Å²) < 4.78 is 8.83. The van der Waals surface area contributed by atoms with E-state index in [1.807, 2.05) is 19.3 Å². The van der Waals surface area contributed by atoms with E-state index in [1.54, 1.807) is 16.2 Å². The highest BCUT2D eigenvalue weighted by Gasteiger charge is 2.31. The Kier molecular flexibility index (Phi) is 3.42. The highest BCUT2D eigenvalue weighted by atomic mass is 32.1. The SMILES string of the molecule is CC1CNC(=O)N1c1nc2c(ccc3ncn(C4CCOCC4)c32)s1. The van der Waals surface area contributed by atoms with Crippen LogP contribution in [0.2, 0.25) is 0 Å². The molecule has 1 aromatic carbocycles. The van der Waals surface area contributed by atoms with Gasteiger partial charge in [-0.3, -0.25) is 4.90 Å². The predicted molar refractivity (Wildman–Crippen MR) is 97.3 cm³/mol. The number of carbonyl (C=O) groups is 1. The zero-order chi connectivity index (χ0) is 17.0. The van der Waals surface area contributed by atoms with Crippen molar-refractivity contribution in [2.24, 2.45) is 0 Å². The van der Waals surface area contributed by atoms with Gasteiger partial charge in [0.2, 0.25) is 0 Å². The number of nitrogens with zero attached hydrogens (tertiary/aromatic N) is 4. The van der Waals surface area contributed by atoms with E-state index >= 15 is 0 Å². The minimum absolute atomic E-state index is 0.0688. The van der Waals surface area contributed by atoms with Crippen LogP contribution in [0.1, 0.15) is 25.8 Å². The molecule has 2 fully saturated rings. The summed E-state index contributed by atoms with van der Waals surface area (Å²) in [6.07, 6.45) is 3.90. The van der Waals surface area contributed by atoms with Crippen molar-refractivity contribution in [3.05, 3.63) is 18.5 Å². The Balaban J connectivity index is 1.66. The molecule has 5 rings (SSSR count). The van der Waals surface area contributed by atoms with Gasteiger partial charge >= 0.3 is 6.03 Å². The number of rotatable bonds is 2. The van der Waals surface area contributed by atoms with E-state index in [-0.39, 0.29) is 12.1 Å². The summed E-state index contributed by atoms with van der Waals surface area (Å²) in [5, 5.41) is 3.63. The molecule has 2 aliphatic rings. The first-order chi connectivity index (χ1) is 12.2. The molecular formula is C17H19N5O2S. The van der Waals surface area contributed by atoms with Gasteiger partial charge in [-0.05, 0) is 31.9 Å². The zero-order valence-corrected chi connectivity index (χ0v) is 14.8. The van der Waals surface area contributed by atoms with Crippen LogP contribution in [0.25, 0.3) is 21.3 Å². The van der Waals surface area contributed by atoms with Crippen LogP contribution in [0, 0.1) is 0 Å². The van der Waals surface area contributed by atoms with Crippen molar-refractivity contribution in [1.29, 1.82) is 0 Å². The highest BCUT2D eigenvalue weighted by Crippen LogP contribution is 2.36. The molecule has 7 nitrogen and oxygen atoms in total. The van der Waals surface area contributed by atoms with E-state index in [2.05, 4.69) is 20.9 Å². The molecule has 4 heterocycles. The molecule has 1 N–H and O–H groups in total. The maximum Gasteiger partial charge on any atom is 0.324 e. The van der Waals surface area contributed by atoms with Crippen LogP contribution in [-0.4, -0.2) is 46.4 Å². The largest absolute Gasteiger partial charge is 0.381 e. The molecule has 0 bridgehead atoms. The average Bonchev–Trinajstić information content (AvgIpc) is 3.31. The van der Waals surface area contributed by atoms with E-state index in [0.717, 1.165) is 52.4 Å². The molecule has 0 radical (unpaired) electrons. The molecule has 0 spiro atoms. The Morgan fingerprint density at radius 3 is 2.92 bits per heavy atom. The lowest BCUT2D eigenvalue weighted by molar-refractivity contribution is 0.0706. The molecule has 2 aliphatic heterocycles. The minimum atomic E-state index is -0.0688. The van der Waals surface area contributed by atoms with E-state index < -0.39 is 0 Å². The van der Waals surface area contributed by atoms with Gasteiger partial charge in [0.25, 0.3) is 0 Å². The number of hydrogen-bond donors (Lipinski definition) is 1. The Morgan fingerprint density at radius 2 is 2.16 bits per heavy atom. The van der Waals surface area contributed by atoms with Crippen molar-refractivity contribution < 1.29 is 9.53 Å². The molecule has 2 amide bonds. The summed E-state index contributed by atoms with van der Waals surface area (Å²) in [4.78, 5) is 23.3. The van der Waals surface area contributed by atoms with Crippen LogP contribution < -0.4 is 10.2 Å². The van der Waals surface area contributed by atoms with Crippen molar-refractivity contribution in [1.82, 2.24) is 19.9 Å². The van der Waals surface area contributed by atoms with Crippen LogP contribution >= 0.6 is 11.3 Å². The first-order valence-electron chi connectivity index (χ1n) is 8.63. The zero-order valence-electron chi connectivity index (χ0n) is 13.9. The van der Waals surface area contributed by atoms with Crippen LogP contribution in [0.3, 0.4) is 0 Å². The summed E-state index contributed by atoms with van der Waals surface area (Å²) >= 11 is 1.56. The standard InChI is InChI=1S/C17H19N5O2S/c1-10-8-18-16(23)22(10)17-20-14-13(25-17)3-2-12-15(14)21(9-19-12)11-4-6-24-7-5-11/h2-3,9-11H,4-8H2,1H3,(H,18,23). The lowest BCUT2D eigenvalue weighted by Gasteiger charge is -2.23. The number of imidazole rings is 1. The second kappa shape index (κ2) is 5.67. The van der Waals surface area contributed by atoms with E-state index in [4.69, 9.17) is 9.72 Å². The fraction of sp³-hybridized carbons (Fsp3) is 0.471. The third kappa shape index (κ3) is 2.31. The van der Waals surface area contributed by atoms with Crippen LogP contribution in [-0.2, 0) is 4.74 Å². The molecule has 2 aromatic heterocycles. The average molecular weight is 357 g/mol. The first-order valence-corrected chi connectivity index (χ1v) is 9.45. The third-order valence-corrected chi connectivity index (χ3v) is 6.10. The Bertz CT molecular complexity index is 959. The number of thiazole rings is 1. The number of amides is 2. The number of nitrogens with one attached hydrogen (secondary N) is 1. The summed E-state index contributed by atoms with van der Waals surface area (Å²) in [5.41, 5.74) is 2.96. The van der Waals surface area contributed by atoms with E-state index in [0.29, 0.717) is 12.6 Å². The molecule has 1 atom stereocenters. The van der Waals surface area contributed by atoms with Crippen LogP contribution in [0.4, 0.5) is 9.93 Å². The monoisotopic (exact) mass is 357 g/mol. The molecule has 2 saturated heterocycles. The van der Waals surface area contributed by atoms with Gasteiger partial charge in [-0.25, -0.2) is 14.8 Å². The van der Waals surface area contributed by atoms with Gasteiger partial charge in [-0.1, -0.05) is 11.3 Å². The second-order valence-corrected chi connectivity index (χ2v) is 7.69. The van der Waals surface area contributed by atoms with Crippen molar-refractivity contribution in [2.75, 3.05) is 24.7 Å². The lowest BCUT2D eigenvalue weighted by Crippen LogP contribution is -2.32. The number of fused-ring (bicyclic) bond motifs is 3. The highest BCUT2D eigenvalue weighted by molar-refractivity contribution is 7.22. The number of benzene rings is 1. The molecule has 0 aliphatic carbocycles.